The lowest BCUT2D eigenvalue weighted by atomic mass is 10.0. The molecule has 0 bridgehead atoms. The van der Waals surface area contributed by atoms with Gasteiger partial charge in [-0.2, -0.15) is 4.37 Å². The van der Waals surface area contributed by atoms with Gasteiger partial charge in [-0.15, -0.1) is 0 Å². The zero-order chi connectivity index (χ0) is 27.3. The van der Waals surface area contributed by atoms with Gasteiger partial charge in [0.25, 0.3) is 11.8 Å². The van der Waals surface area contributed by atoms with Gasteiger partial charge in [-0.1, -0.05) is 18.2 Å². The third-order valence-electron chi connectivity index (χ3n) is 5.98. The number of carbonyl (C=O) groups excluding carboxylic acids is 3. The third kappa shape index (κ3) is 6.07. The molecule has 0 fully saturated rings. The van der Waals surface area contributed by atoms with Crippen molar-refractivity contribution in [2.75, 3.05) is 49.9 Å². The maximum absolute atomic E-state index is 14.1. The van der Waals surface area contributed by atoms with Crippen molar-refractivity contribution in [1.82, 2.24) is 9.69 Å². The maximum Gasteiger partial charge on any atom is 0.273 e. The topological polar surface area (TPSA) is 144 Å². The van der Waals surface area contributed by atoms with E-state index in [0.29, 0.717) is 17.9 Å². The lowest BCUT2D eigenvalue weighted by Gasteiger charge is -2.32. The van der Waals surface area contributed by atoms with Crippen LogP contribution in [-0.2, 0) is 9.53 Å². The first kappa shape index (κ1) is 27.6. The molecule has 3 amide bonds. The number of hydrogen-bond acceptors (Lipinski definition) is 8. The predicted octanol–water partition coefficient (Wildman–Crippen LogP) is 2.66. The van der Waals surface area contributed by atoms with Gasteiger partial charge in [-0.3, -0.25) is 19.3 Å². The van der Waals surface area contributed by atoms with Gasteiger partial charge in [0.2, 0.25) is 5.91 Å². The van der Waals surface area contributed by atoms with Crippen LogP contribution < -0.4 is 26.6 Å². The van der Waals surface area contributed by atoms with Crippen molar-refractivity contribution in [1.29, 1.82) is 0 Å². The monoisotopic (exact) mass is 524 g/mol. The zero-order valence-corrected chi connectivity index (χ0v) is 22.4. The normalized spacial score (nSPS) is 11.6. The third-order valence-corrected chi connectivity index (χ3v) is 6.83. The Labute approximate surface area is 220 Å². The van der Waals surface area contributed by atoms with E-state index in [0.717, 1.165) is 28.3 Å². The number of hydrogen-bond donors (Lipinski definition) is 3. The van der Waals surface area contributed by atoms with Crippen molar-refractivity contribution < 1.29 is 19.1 Å². The van der Waals surface area contributed by atoms with Crippen LogP contribution in [-0.4, -0.2) is 56.5 Å². The maximum atomic E-state index is 14.1. The average Bonchev–Trinajstić information content (AvgIpc) is 3.25. The van der Waals surface area contributed by atoms with E-state index in [9.17, 15) is 14.4 Å². The molecule has 0 radical (unpaired) electrons. The summed E-state index contributed by atoms with van der Waals surface area (Å²) in [5.74, 6) is -1.81. The number of amides is 3. The summed E-state index contributed by atoms with van der Waals surface area (Å²) in [6.45, 7) is 4.44. The Hall–Kier alpha value is -3.96. The van der Waals surface area contributed by atoms with E-state index < -0.39 is 23.8 Å². The molecular formula is C26H32N6O4S. The van der Waals surface area contributed by atoms with Crippen LogP contribution >= 0.6 is 11.5 Å². The molecule has 0 saturated carbocycles. The minimum atomic E-state index is -1.05. The van der Waals surface area contributed by atoms with E-state index in [1.807, 2.05) is 69.2 Å². The second-order valence-corrected chi connectivity index (χ2v) is 9.53. The highest BCUT2D eigenvalue weighted by Crippen LogP contribution is 2.34. The van der Waals surface area contributed by atoms with Gasteiger partial charge in [0.1, 0.15) is 10.9 Å². The fourth-order valence-electron chi connectivity index (χ4n) is 3.74. The van der Waals surface area contributed by atoms with Crippen molar-refractivity contribution in [2.24, 2.45) is 5.73 Å². The highest BCUT2D eigenvalue weighted by Gasteiger charge is 2.36. The number of aromatic nitrogens is 1. The first-order chi connectivity index (χ1) is 17.6. The number of anilines is 3. The molecule has 10 nitrogen and oxygen atoms in total. The fraction of sp³-hybridized carbons (Fsp3) is 0.308. The van der Waals surface area contributed by atoms with Gasteiger partial charge in [-0.05, 0) is 66.3 Å². The number of nitrogens with zero attached hydrogens (tertiary/aromatic N) is 3. The van der Waals surface area contributed by atoms with Gasteiger partial charge in [0.05, 0.1) is 12.3 Å². The molecule has 0 spiro atoms. The fourth-order valence-corrected chi connectivity index (χ4v) is 4.49. The van der Waals surface area contributed by atoms with E-state index in [4.69, 9.17) is 16.2 Å². The highest BCUT2D eigenvalue weighted by molar-refractivity contribution is 7.09. The number of carbonyl (C=O) groups is 3. The molecule has 0 saturated heterocycles. The number of nitrogen functional groups attached to an aromatic ring is 1. The van der Waals surface area contributed by atoms with Crippen molar-refractivity contribution in [2.45, 2.75) is 19.9 Å². The molecule has 0 aliphatic heterocycles. The molecule has 5 N–H and O–H groups in total. The molecule has 2 aromatic carbocycles. The van der Waals surface area contributed by atoms with Crippen molar-refractivity contribution in [3.63, 3.8) is 0 Å². The summed E-state index contributed by atoms with van der Waals surface area (Å²) < 4.78 is 9.07. The molecule has 3 aromatic rings. The molecule has 0 unspecified atom stereocenters. The van der Waals surface area contributed by atoms with Gasteiger partial charge in [0, 0.05) is 39.1 Å². The van der Waals surface area contributed by atoms with Crippen LogP contribution in [0.15, 0.2) is 42.5 Å². The molecule has 0 aliphatic rings. The summed E-state index contributed by atoms with van der Waals surface area (Å²) in [7, 11) is 5.37. The Bertz CT molecular complexity index is 1290. The van der Waals surface area contributed by atoms with E-state index in [1.165, 1.54) is 12.0 Å². The second-order valence-electron chi connectivity index (χ2n) is 8.75. The lowest BCUT2D eigenvalue weighted by molar-refractivity contribution is -0.122. The summed E-state index contributed by atoms with van der Waals surface area (Å²) in [5, 5.41) is 2.85. The predicted molar refractivity (Wildman–Crippen MR) is 146 cm³/mol. The SMILES string of the molecule is COCCNC(=O)[C@H](c1ccc(N(C)C)cc1)N(C(=O)c1snc(C(N)=O)c1N)c1ccc(C)c(C)c1. The van der Waals surface area contributed by atoms with Gasteiger partial charge in [0.15, 0.2) is 5.69 Å². The van der Waals surface area contributed by atoms with Crippen LogP contribution in [0.4, 0.5) is 17.1 Å². The molecule has 196 valence electrons. The van der Waals surface area contributed by atoms with Gasteiger partial charge < -0.3 is 26.4 Å². The van der Waals surface area contributed by atoms with Crippen molar-refractivity contribution in [3.8, 4) is 0 Å². The number of rotatable bonds is 10. The Kier molecular flexibility index (Phi) is 8.85. The number of nitrogens with one attached hydrogen (secondary N) is 1. The minimum Gasteiger partial charge on any atom is -0.395 e. The number of benzene rings is 2. The summed E-state index contributed by atoms with van der Waals surface area (Å²) in [6, 6.07) is 11.8. The number of primary amides is 1. The molecule has 1 atom stereocenters. The standard InChI is InChI=1S/C26H32N6O4S/c1-15-6-9-19(14-16(15)2)32(26(35)23-20(27)21(24(28)33)30-37-23)22(25(34)29-12-13-36-5)17-7-10-18(11-8-17)31(3)4/h6-11,14,22H,12-13,27H2,1-5H3,(H2,28,33)(H,29,34)/t22-/m0/s1. The van der Waals surface area contributed by atoms with E-state index in [2.05, 4.69) is 9.69 Å². The van der Waals surface area contributed by atoms with Gasteiger partial charge in [-0.25, -0.2) is 0 Å². The minimum absolute atomic E-state index is 0.0200. The Balaban J connectivity index is 2.21. The van der Waals surface area contributed by atoms with Crippen LogP contribution in [0.2, 0.25) is 0 Å². The van der Waals surface area contributed by atoms with Crippen LogP contribution in [0.5, 0.6) is 0 Å². The largest absolute Gasteiger partial charge is 0.395 e. The molecule has 1 aromatic heterocycles. The Morgan fingerprint density at radius 3 is 2.24 bits per heavy atom. The average molecular weight is 525 g/mol. The van der Waals surface area contributed by atoms with E-state index >= 15 is 0 Å². The van der Waals surface area contributed by atoms with Crippen LogP contribution in [0.25, 0.3) is 0 Å². The number of aryl methyl sites for hydroxylation is 2. The van der Waals surface area contributed by atoms with Crippen LogP contribution in [0.3, 0.4) is 0 Å². The molecule has 0 aliphatic carbocycles. The molecule has 37 heavy (non-hydrogen) atoms. The van der Waals surface area contributed by atoms with Crippen molar-refractivity contribution in [3.05, 3.63) is 69.7 Å². The molecular weight excluding hydrogens is 492 g/mol. The highest BCUT2D eigenvalue weighted by atomic mass is 32.1. The zero-order valence-electron chi connectivity index (χ0n) is 21.6. The lowest BCUT2D eigenvalue weighted by Crippen LogP contribution is -2.44. The van der Waals surface area contributed by atoms with Crippen molar-refractivity contribution >= 4 is 46.3 Å². The summed E-state index contributed by atoms with van der Waals surface area (Å²) in [5.41, 5.74) is 15.2. The second kappa shape index (κ2) is 11.8. The summed E-state index contributed by atoms with van der Waals surface area (Å²) in [6.07, 6.45) is 0. The summed E-state index contributed by atoms with van der Waals surface area (Å²) >= 11 is 0.770. The smallest absolute Gasteiger partial charge is 0.273 e. The van der Waals surface area contributed by atoms with Crippen LogP contribution in [0, 0.1) is 13.8 Å². The number of methoxy groups -OCH3 is 1. The Morgan fingerprint density at radius 2 is 1.70 bits per heavy atom. The first-order valence-electron chi connectivity index (χ1n) is 11.6. The molecule has 3 rings (SSSR count). The summed E-state index contributed by atoms with van der Waals surface area (Å²) in [4.78, 5) is 42.8. The molecule has 1 heterocycles. The Morgan fingerprint density at radius 1 is 1.05 bits per heavy atom. The number of nitrogens with two attached hydrogens (primary N) is 2. The van der Waals surface area contributed by atoms with Crippen LogP contribution in [0.1, 0.15) is 42.9 Å². The van der Waals surface area contributed by atoms with Gasteiger partial charge >= 0.3 is 0 Å². The molecule has 11 heteroatoms. The quantitative estimate of drug-likeness (QED) is 0.346. The number of ether oxygens (including phenoxy) is 1. The first-order valence-corrected chi connectivity index (χ1v) is 12.3. The van der Waals surface area contributed by atoms with E-state index in [-0.39, 0.29) is 22.8 Å². The van der Waals surface area contributed by atoms with E-state index in [1.54, 1.807) is 6.07 Å².